The Labute approximate surface area is 127 Å². The second kappa shape index (κ2) is 5.66. The van der Waals surface area contributed by atoms with Crippen molar-refractivity contribution in [2.24, 2.45) is 4.99 Å². The van der Waals surface area contributed by atoms with E-state index in [0.717, 1.165) is 16.8 Å². The predicted octanol–water partition coefficient (Wildman–Crippen LogP) is 4.14. The lowest BCUT2D eigenvalue weighted by molar-refractivity contribution is 0.174. The van der Waals surface area contributed by atoms with Gasteiger partial charge in [-0.15, -0.1) is 0 Å². The molecular weight excluding hydrogens is 290 g/mol. The number of rotatable bonds is 3. The Bertz CT molecular complexity index is 713. The van der Waals surface area contributed by atoms with Crippen molar-refractivity contribution < 1.29 is 14.2 Å². The molecule has 0 radical (unpaired) electrons. The van der Waals surface area contributed by atoms with Gasteiger partial charge in [-0.05, 0) is 30.7 Å². The Balaban J connectivity index is 1.93. The van der Waals surface area contributed by atoms with Crippen LogP contribution in [0.4, 0.5) is 5.69 Å². The smallest absolute Gasteiger partial charge is 0.231 e. The van der Waals surface area contributed by atoms with E-state index < -0.39 is 0 Å². The van der Waals surface area contributed by atoms with E-state index in [4.69, 9.17) is 25.8 Å². The quantitative estimate of drug-likeness (QED) is 0.800. The Morgan fingerprint density at radius 2 is 1.95 bits per heavy atom. The summed E-state index contributed by atoms with van der Waals surface area (Å²) in [7, 11) is 1.61. The number of hydrogen-bond acceptors (Lipinski definition) is 4. The van der Waals surface area contributed by atoms with Crippen molar-refractivity contribution in [2.45, 2.75) is 6.92 Å². The highest BCUT2D eigenvalue weighted by molar-refractivity contribution is 6.31. The maximum atomic E-state index is 6.10. The largest absolute Gasteiger partial charge is 0.496 e. The summed E-state index contributed by atoms with van der Waals surface area (Å²) < 4.78 is 16.0. The topological polar surface area (TPSA) is 40.0 Å². The van der Waals surface area contributed by atoms with Gasteiger partial charge in [0, 0.05) is 22.9 Å². The molecule has 0 fully saturated rings. The third-order valence-corrected chi connectivity index (χ3v) is 3.64. The molecule has 3 rings (SSSR count). The van der Waals surface area contributed by atoms with Crippen molar-refractivity contribution >= 4 is 23.5 Å². The summed E-state index contributed by atoms with van der Waals surface area (Å²) in [6.07, 6.45) is 1.72. The summed E-state index contributed by atoms with van der Waals surface area (Å²) in [4.78, 5) is 4.43. The first kappa shape index (κ1) is 13.8. The van der Waals surface area contributed by atoms with Crippen molar-refractivity contribution in [1.29, 1.82) is 0 Å². The van der Waals surface area contributed by atoms with Gasteiger partial charge < -0.3 is 14.2 Å². The van der Waals surface area contributed by atoms with Gasteiger partial charge in [0.15, 0.2) is 11.5 Å². The van der Waals surface area contributed by atoms with E-state index in [0.29, 0.717) is 22.3 Å². The zero-order valence-corrected chi connectivity index (χ0v) is 12.5. The van der Waals surface area contributed by atoms with Gasteiger partial charge in [0.2, 0.25) is 6.79 Å². The minimum atomic E-state index is 0.229. The molecule has 0 unspecified atom stereocenters. The van der Waals surface area contributed by atoms with Crippen LogP contribution < -0.4 is 14.2 Å². The fraction of sp³-hybridized carbons (Fsp3) is 0.188. The zero-order valence-electron chi connectivity index (χ0n) is 11.7. The molecule has 0 bridgehead atoms. The molecule has 0 saturated carbocycles. The van der Waals surface area contributed by atoms with Crippen LogP contribution in [0.1, 0.15) is 11.1 Å². The molecule has 108 valence electrons. The first-order valence-corrected chi connectivity index (χ1v) is 6.83. The molecule has 0 amide bonds. The van der Waals surface area contributed by atoms with Crippen LogP contribution in [0.5, 0.6) is 17.2 Å². The van der Waals surface area contributed by atoms with E-state index in [2.05, 4.69) is 4.99 Å². The third kappa shape index (κ3) is 2.81. The van der Waals surface area contributed by atoms with E-state index in [1.165, 1.54) is 0 Å². The molecule has 2 aromatic carbocycles. The van der Waals surface area contributed by atoms with Crippen LogP contribution in [0.2, 0.25) is 5.02 Å². The van der Waals surface area contributed by atoms with Crippen molar-refractivity contribution in [1.82, 2.24) is 0 Å². The summed E-state index contributed by atoms with van der Waals surface area (Å²) in [6, 6.07) is 9.32. The first-order valence-electron chi connectivity index (χ1n) is 6.45. The summed E-state index contributed by atoms with van der Waals surface area (Å²) >= 11 is 6.10. The number of aliphatic imine (C=N–C) groups is 1. The predicted molar refractivity (Wildman–Crippen MR) is 82.6 cm³/mol. The summed E-state index contributed by atoms with van der Waals surface area (Å²) in [5, 5.41) is 0.697. The SMILES string of the molecule is COc1cc2c(cc1C=Nc1ccc(C)c(Cl)c1)OCO2. The average Bonchev–Trinajstić information content (AvgIpc) is 2.94. The summed E-state index contributed by atoms with van der Waals surface area (Å²) in [5.41, 5.74) is 2.63. The molecule has 0 atom stereocenters. The van der Waals surface area contributed by atoms with Crippen LogP contribution in [0, 0.1) is 6.92 Å². The fourth-order valence-electron chi connectivity index (χ4n) is 2.02. The van der Waals surface area contributed by atoms with Gasteiger partial charge in [0.25, 0.3) is 0 Å². The Kier molecular flexibility index (Phi) is 3.71. The minimum absolute atomic E-state index is 0.229. The molecule has 0 N–H and O–H groups in total. The number of fused-ring (bicyclic) bond motifs is 1. The highest BCUT2D eigenvalue weighted by atomic mass is 35.5. The lowest BCUT2D eigenvalue weighted by Crippen LogP contribution is -1.92. The Hall–Kier alpha value is -2.20. The number of benzene rings is 2. The number of halogens is 1. The monoisotopic (exact) mass is 303 g/mol. The Morgan fingerprint density at radius 3 is 2.67 bits per heavy atom. The average molecular weight is 304 g/mol. The van der Waals surface area contributed by atoms with Crippen molar-refractivity contribution in [3.05, 3.63) is 46.5 Å². The van der Waals surface area contributed by atoms with E-state index in [1.807, 2.05) is 31.2 Å². The van der Waals surface area contributed by atoms with Gasteiger partial charge in [0.05, 0.1) is 12.8 Å². The molecular formula is C16H14ClNO3. The second-order valence-corrected chi connectivity index (χ2v) is 5.05. The maximum Gasteiger partial charge on any atom is 0.231 e. The van der Waals surface area contributed by atoms with Crippen molar-refractivity contribution in [3.63, 3.8) is 0 Å². The molecule has 5 heteroatoms. The summed E-state index contributed by atoms with van der Waals surface area (Å²) in [6.45, 7) is 2.18. The van der Waals surface area contributed by atoms with Gasteiger partial charge in [0.1, 0.15) is 5.75 Å². The van der Waals surface area contributed by atoms with Crippen molar-refractivity contribution in [3.8, 4) is 17.2 Å². The van der Waals surface area contributed by atoms with E-state index in [1.54, 1.807) is 19.4 Å². The lowest BCUT2D eigenvalue weighted by atomic mass is 10.2. The molecule has 1 heterocycles. The van der Waals surface area contributed by atoms with Crippen LogP contribution >= 0.6 is 11.6 Å². The lowest BCUT2D eigenvalue weighted by Gasteiger charge is -2.06. The number of aryl methyl sites for hydroxylation is 1. The third-order valence-electron chi connectivity index (χ3n) is 3.23. The van der Waals surface area contributed by atoms with Crippen LogP contribution in [-0.2, 0) is 0 Å². The highest BCUT2D eigenvalue weighted by Gasteiger charge is 2.16. The van der Waals surface area contributed by atoms with Crippen molar-refractivity contribution in [2.75, 3.05) is 13.9 Å². The molecule has 1 aliphatic rings. The van der Waals surface area contributed by atoms with Gasteiger partial charge in [-0.1, -0.05) is 17.7 Å². The maximum absolute atomic E-state index is 6.10. The molecule has 4 nitrogen and oxygen atoms in total. The molecule has 21 heavy (non-hydrogen) atoms. The zero-order chi connectivity index (χ0) is 14.8. The van der Waals surface area contributed by atoms with Gasteiger partial charge >= 0.3 is 0 Å². The second-order valence-electron chi connectivity index (χ2n) is 4.64. The summed E-state index contributed by atoms with van der Waals surface area (Å²) in [5.74, 6) is 2.06. The van der Waals surface area contributed by atoms with Gasteiger partial charge in [-0.3, -0.25) is 4.99 Å². The molecule has 2 aromatic rings. The van der Waals surface area contributed by atoms with E-state index in [9.17, 15) is 0 Å². The number of hydrogen-bond donors (Lipinski definition) is 0. The standard InChI is InChI=1S/C16H14ClNO3/c1-10-3-4-12(6-13(10)17)18-8-11-5-15-16(21-9-20-15)7-14(11)19-2/h3-8H,9H2,1-2H3. The molecule has 0 aliphatic carbocycles. The molecule has 0 spiro atoms. The van der Waals surface area contributed by atoms with E-state index >= 15 is 0 Å². The fourth-order valence-corrected chi connectivity index (χ4v) is 2.20. The Morgan fingerprint density at radius 1 is 1.19 bits per heavy atom. The van der Waals surface area contributed by atoms with E-state index in [-0.39, 0.29) is 6.79 Å². The van der Waals surface area contributed by atoms with Crippen LogP contribution in [0.25, 0.3) is 0 Å². The highest BCUT2D eigenvalue weighted by Crippen LogP contribution is 2.37. The minimum Gasteiger partial charge on any atom is -0.496 e. The molecule has 0 aromatic heterocycles. The van der Waals surface area contributed by atoms with Crippen LogP contribution in [0.15, 0.2) is 35.3 Å². The number of nitrogens with zero attached hydrogens (tertiary/aromatic N) is 1. The van der Waals surface area contributed by atoms with Gasteiger partial charge in [-0.25, -0.2) is 0 Å². The molecule has 0 saturated heterocycles. The number of ether oxygens (including phenoxy) is 3. The van der Waals surface area contributed by atoms with Gasteiger partial charge in [-0.2, -0.15) is 0 Å². The van der Waals surface area contributed by atoms with Crippen LogP contribution in [0.3, 0.4) is 0 Å². The molecule has 1 aliphatic heterocycles. The van der Waals surface area contributed by atoms with Crippen LogP contribution in [-0.4, -0.2) is 20.1 Å². The number of methoxy groups -OCH3 is 1. The first-order chi connectivity index (χ1) is 10.2. The normalized spacial score (nSPS) is 12.9.